The number of esters is 1. The lowest BCUT2D eigenvalue weighted by Gasteiger charge is -2.06. The Morgan fingerprint density at radius 1 is 0.786 bits per heavy atom. The maximum Gasteiger partial charge on any atom is 0.343 e. The fourth-order valence-electron chi connectivity index (χ4n) is 2.54. The van der Waals surface area contributed by atoms with Gasteiger partial charge in [0, 0.05) is 5.56 Å². The molecule has 4 nitrogen and oxygen atoms in total. The molecule has 0 atom stereocenters. The van der Waals surface area contributed by atoms with Crippen LogP contribution in [0.25, 0.3) is 6.08 Å². The minimum atomic E-state index is -0.467. The van der Waals surface area contributed by atoms with Gasteiger partial charge >= 0.3 is 5.97 Å². The lowest BCUT2D eigenvalue weighted by Crippen LogP contribution is -2.08. The van der Waals surface area contributed by atoms with Crippen molar-refractivity contribution < 1.29 is 19.1 Å². The van der Waals surface area contributed by atoms with Crippen molar-refractivity contribution in [1.82, 2.24) is 0 Å². The molecule has 0 radical (unpaired) electrons. The number of hydrogen-bond acceptors (Lipinski definition) is 4. The number of ether oxygens (including phenoxy) is 2. The average molecular weight is 372 g/mol. The molecule has 0 aromatic heterocycles. The second-order valence-electron chi connectivity index (χ2n) is 5.98. The zero-order chi connectivity index (χ0) is 19.8. The molecule has 28 heavy (non-hydrogen) atoms. The molecule has 0 fully saturated rings. The number of carbonyl (C=O) groups is 2. The molecular formula is C24H20O4. The Hall–Kier alpha value is -3.66. The number of rotatable bonds is 7. The van der Waals surface area contributed by atoms with Gasteiger partial charge in [-0.25, -0.2) is 4.79 Å². The van der Waals surface area contributed by atoms with E-state index in [9.17, 15) is 9.59 Å². The third-order valence-electron chi connectivity index (χ3n) is 3.98. The van der Waals surface area contributed by atoms with Crippen molar-refractivity contribution in [2.75, 3.05) is 6.61 Å². The van der Waals surface area contributed by atoms with Crippen LogP contribution < -0.4 is 9.47 Å². The van der Waals surface area contributed by atoms with Gasteiger partial charge in [-0.2, -0.15) is 0 Å². The van der Waals surface area contributed by atoms with Crippen molar-refractivity contribution in [3.63, 3.8) is 0 Å². The van der Waals surface area contributed by atoms with Gasteiger partial charge in [0.1, 0.15) is 11.5 Å². The first-order valence-corrected chi connectivity index (χ1v) is 8.98. The van der Waals surface area contributed by atoms with Crippen LogP contribution in [0.1, 0.15) is 33.2 Å². The molecule has 4 heteroatoms. The van der Waals surface area contributed by atoms with E-state index in [0.717, 1.165) is 5.56 Å². The van der Waals surface area contributed by atoms with Crippen molar-refractivity contribution >= 4 is 17.8 Å². The van der Waals surface area contributed by atoms with Crippen LogP contribution in [0.2, 0.25) is 0 Å². The molecule has 0 amide bonds. The Bertz CT molecular complexity index is 956. The topological polar surface area (TPSA) is 52.6 Å². The van der Waals surface area contributed by atoms with Crippen molar-refractivity contribution in [3.8, 4) is 11.5 Å². The monoisotopic (exact) mass is 372 g/mol. The average Bonchev–Trinajstić information content (AvgIpc) is 2.74. The van der Waals surface area contributed by atoms with Crippen molar-refractivity contribution in [1.29, 1.82) is 0 Å². The lowest BCUT2D eigenvalue weighted by molar-refractivity contribution is 0.0734. The SMILES string of the molecule is CCOc1ccc(C(=O)Oc2ccc(C(=O)/C=C/c3ccccc3)cc2)cc1. The quantitative estimate of drug-likeness (QED) is 0.248. The smallest absolute Gasteiger partial charge is 0.343 e. The van der Waals surface area contributed by atoms with Gasteiger partial charge < -0.3 is 9.47 Å². The van der Waals surface area contributed by atoms with Crippen LogP contribution >= 0.6 is 0 Å². The molecule has 140 valence electrons. The van der Waals surface area contributed by atoms with Gasteiger partial charge in [-0.3, -0.25) is 4.79 Å². The van der Waals surface area contributed by atoms with Gasteiger partial charge in [-0.05, 0) is 67.1 Å². The number of allylic oxidation sites excluding steroid dienone is 1. The lowest BCUT2D eigenvalue weighted by atomic mass is 10.1. The summed E-state index contributed by atoms with van der Waals surface area (Å²) in [4.78, 5) is 24.5. The third kappa shape index (κ3) is 5.17. The highest BCUT2D eigenvalue weighted by Gasteiger charge is 2.09. The summed E-state index contributed by atoms with van der Waals surface area (Å²) < 4.78 is 10.7. The maximum atomic E-state index is 12.3. The summed E-state index contributed by atoms with van der Waals surface area (Å²) in [6, 6.07) is 22.8. The van der Waals surface area contributed by atoms with Crippen LogP contribution in [-0.4, -0.2) is 18.4 Å². The molecular weight excluding hydrogens is 352 g/mol. The summed E-state index contributed by atoms with van der Waals surface area (Å²) in [5.41, 5.74) is 1.90. The second-order valence-corrected chi connectivity index (χ2v) is 5.98. The van der Waals surface area contributed by atoms with Crippen LogP contribution in [0.15, 0.2) is 84.9 Å². The number of benzene rings is 3. The van der Waals surface area contributed by atoms with Crippen LogP contribution in [0.4, 0.5) is 0 Å². The molecule has 0 unspecified atom stereocenters. The van der Waals surface area contributed by atoms with E-state index in [1.54, 1.807) is 54.6 Å². The van der Waals surface area contributed by atoms with Gasteiger partial charge in [0.2, 0.25) is 0 Å². The van der Waals surface area contributed by atoms with Crippen LogP contribution in [-0.2, 0) is 0 Å². The molecule has 0 bridgehead atoms. The largest absolute Gasteiger partial charge is 0.494 e. The predicted octanol–water partition coefficient (Wildman–Crippen LogP) is 5.20. The number of carbonyl (C=O) groups excluding carboxylic acids is 2. The van der Waals surface area contributed by atoms with Crippen molar-refractivity contribution in [2.45, 2.75) is 6.92 Å². The third-order valence-corrected chi connectivity index (χ3v) is 3.98. The van der Waals surface area contributed by atoms with E-state index in [0.29, 0.717) is 29.2 Å². The molecule has 0 heterocycles. The summed E-state index contributed by atoms with van der Waals surface area (Å²) in [5.74, 6) is 0.493. The predicted molar refractivity (Wildman–Crippen MR) is 109 cm³/mol. The molecule has 3 aromatic rings. The van der Waals surface area contributed by atoms with Gasteiger partial charge in [0.05, 0.1) is 12.2 Å². The Morgan fingerprint density at radius 2 is 1.39 bits per heavy atom. The summed E-state index contributed by atoms with van der Waals surface area (Å²) in [5, 5.41) is 0. The zero-order valence-electron chi connectivity index (χ0n) is 15.5. The molecule has 0 saturated carbocycles. The van der Waals surface area contributed by atoms with Gasteiger partial charge in [0.25, 0.3) is 0 Å². The number of ketones is 1. The van der Waals surface area contributed by atoms with Crippen LogP contribution in [0, 0.1) is 0 Å². The van der Waals surface area contributed by atoms with Gasteiger partial charge in [0.15, 0.2) is 5.78 Å². The minimum absolute atomic E-state index is 0.117. The summed E-state index contributed by atoms with van der Waals surface area (Å²) >= 11 is 0. The summed E-state index contributed by atoms with van der Waals surface area (Å²) in [6.45, 7) is 2.46. The zero-order valence-corrected chi connectivity index (χ0v) is 15.5. The molecule has 0 saturated heterocycles. The molecule has 0 aliphatic carbocycles. The van der Waals surface area contributed by atoms with E-state index < -0.39 is 5.97 Å². The first-order valence-electron chi connectivity index (χ1n) is 8.98. The Kier molecular flexibility index (Phi) is 6.37. The first-order chi connectivity index (χ1) is 13.7. The Balaban J connectivity index is 1.61. The fourth-order valence-corrected chi connectivity index (χ4v) is 2.54. The second kappa shape index (κ2) is 9.33. The van der Waals surface area contributed by atoms with E-state index in [2.05, 4.69) is 0 Å². The van der Waals surface area contributed by atoms with Gasteiger partial charge in [-0.1, -0.05) is 36.4 Å². The summed E-state index contributed by atoms with van der Waals surface area (Å²) in [6.07, 6.45) is 3.29. The normalized spacial score (nSPS) is 10.6. The van der Waals surface area contributed by atoms with E-state index >= 15 is 0 Å². The molecule has 0 aliphatic rings. The van der Waals surface area contributed by atoms with E-state index in [4.69, 9.17) is 9.47 Å². The van der Waals surface area contributed by atoms with Crippen molar-refractivity contribution in [2.24, 2.45) is 0 Å². The van der Waals surface area contributed by atoms with Crippen molar-refractivity contribution in [3.05, 3.63) is 102 Å². The van der Waals surface area contributed by atoms with Crippen LogP contribution in [0.3, 0.4) is 0 Å². The van der Waals surface area contributed by atoms with E-state index in [1.807, 2.05) is 37.3 Å². The fraction of sp³-hybridized carbons (Fsp3) is 0.0833. The molecule has 0 N–H and O–H groups in total. The van der Waals surface area contributed by atoms with E-state index in [-0.39, 0.29) is 5.78 Å². The molecule has 0 spiro atoms. The highest BCUT2D eigenvalue weighted by molar-refractivity contribution is 6.06. The standard InChI is InChI=1S/C24H20O4/c1-2-27-21-13-11-20(12-14-21)24(26)28-22-15-9-19(10-16-22)23(25)17-8-18-6-4-3-5-7-18/h3-17H,2H2,1H3/b17-8+. The van der Waals surface area contributed by atoms with Crippen LogP contribution in [0.5, 0.6) is 11.5 Å². The van der Waals surface area contributed by atoms with Gasteiger partial charge in [-0.15, -0.1) is 0 Å². The molecule has 3 aromatic carbocycles. The Morgan fingerprint density at radius 3 is 2.04 bits per heavy atom. The Labute approximate surface area is 164 Å². The molecule has 0 aliphatic heterocycles. The minimum Gasteiger partial charge on any atom is -0.494 e. The van der Waals surface area contributed by atoms with E-state index in [1.165, 1.54) is 6.08 Å². The summed E-state index contributed by atoms with van der Waals surface area (Å²) in [7, 11) is 0. The molecule has 3 rings (SSSR count). The maximum absolute atomic E-state index is 12.3. The highest BCUT2D eigenvalue weighted by Crippen LogP contribution is 2.17. The first kappa shape index (κ1) is 19.1. The number of hydrogen-bond donors (Lipinski definition) is 0. The highest BCUT2D eigenvalue weighted by atomic mass is 16.5.